The molecule has 3 aromatic carbocycles. The molecule has 0 aliphatic heterocycles. The molecule has 0 heterocycles. The van der Waals surface area contributed by atoms with Crippen molar-refractivity contribution in [2.24, 2.45) is 0 Å². The Morgan fingerprint density at radius 2 is 1.45 bits per heavy atom. The molecule has 0 saturated carbocycles. The van der Waals surface area contributed by atoms with Gasteiger partial charge in [-0.05, 0) is 35.4 Å². The minimum Gasteiger partial charge on any atom is -0.493 e. The number of nitrogens with one attached hydrogen (secondary N) is 1. The molecule has 0 radical (unpaired) electrons. The molecule has 158 valence electrons. The van der Waals surface area contributed by atoms with E-state index in [4.69, 9.17) is 14.2 Å². The fourth-order valence-corrected chi connectivity index (χ4v) is 3.03. The Labute approximate surface area is 182 Å². The van der Waals surface area contributed by atoms with E-state index in [1.807, 2.05) is 66.7 Å². The fraction of sp³-hybridized carbons (Fsp3) is 0.115. The van der Waals surface area contributed by atoms with E-state index in [0.29, 0.717) is 22.8 Å². The number of ether oxygens (including phenoxy) is 3. The third kappa shape index (κ3) is 5.76. The number of hydrogen-bond donors (Lipinski definition) is 1. The van der Waals surface area contributed by atoms with E-state index in [2.05, 4.69) is 5.32 Å². The molecule has 0 fully saturated rings. The molecule has 0 aliphatic rings. The van der Waals surface area contributed by atoms with Gasteiger partial charge in [-0.15, -0.1) is 0 Å². The number of allylic oxidation sites excluding steroid dienone is 1. The molecule has 0 aromatic heterocycles. The van der Waals surface area contributed by atoms with Crippen LogP contribution in [0, 0.1) is 0 Å². The highest BCUT2D eigenvalue weighted by Crippen LogP contribution is 2.38. The smallest absolute Gasteiger partial charge is 0.203 e. The summed E-state index contributed by atoms with van der Waals surface area (Å²) in [6.07, 6.45) is 7.13. The third-order valence-corrected chi connectivity index (χ3v) is 4.58. The van der Waals surface area contributed by atoms with Crippen molar-refractivity contribution in [1.82, 2.24) is 0 Å². The summed E-state index contributed by atoms with van der Waals surface area (Å²) in [4.78, 5) is 12.1. The van der Waals surface area contributed by atoms with Gasteiger partial charge in [-0.25, -0.2) is 0 Å². The topological polar surface area (TPSA) is 56.8 Å². The van der Waals surface area contributed by atoms with Crippen molar-refractivity contribution in [2.45, 2.75) is 0 Å². The van der Waals surface area contributed by atoms with Crippen LogP contribution >= 0.6 is 0 Å². The first-order valence-corrected chi connectivity index (χ1v) is 9.75. The Hall–Kier alpha value is -3.99. The van der Waals surface area contributed by atoms with Gasteiger partial charge in [0.05, 0.1) is 21.3 Å². The van der Waals surface area contributed by atoms with Gasteiger partial charge in [-0.2, -0.15) is 0 Å². The minimum absolute atomic E-state index is 0.0495. The molecule has 3 aromatic rings. The van der Waals surface area contributed by atoms with Crippen LogP contribution < -0.4 is 19.5 Å². The van der Waals surface area contributed by atoms with Gasteiger partial charge >= 0.3 is 0 Å². The number of ketones is 1. The summed E-state index contributed by atoms with van der Waals surface area (Å²) in [6.45, 7) is 0. The molecule has 0 atom stereocenters. The Morgan fingerprint density at radius 3 is 2.10 bits per heavy atom. The average Bonchev–Trinajstić information content (AvgIpc) is 2.82. The summed E-state index contributed by atoms with van der Waals surface area (Å²) in [6, 6.07) is 20.8. The maximum Gasteiger partial charge on any atom is 0.203 e. The molecule has 1 N–H and O–H groups in total. The lowest BCUT2D eigenvalue weighted by Gasteiger charge is -2.12. The van der Waals surface area contributed by atoms with Crippen LogP contribution in [0.1, 0.15) is 21.5 Å². The van der Waals surface area contributed by atoms with Gasteiger partial charge in [0.1, 0.15) is 0 Å². The number of hydrogen-bond acceptors (Lipinski definition) is 5. The normalized spacial score (nSPS) is 10.9. The molecule has 5 nitrogen and oxygen atoms in total. The van der Waals surface area contributed by atoms with Crippen LogP contribution in [-0.4, -0.2) is 27.1 Å². The van der Waals surface area contributed by atoms with Crippen LogP contribution in [0.4, 0.5) is 5.69 Å². The maximum atomic E-state index is 12.1. The Balaban J connectivity index is 1.71. The monoisotopic (exact) mass is 415 g/mol. The van der Waals surface area contributed by atoms with Crippen molar-refractivity contribution in [3.8, 4) is 17.2 Å². The molecule has 5 heteroatoms. The van der Waals surface area contributed by atoms with Crippen molar-refractivity contribution in [1.29, 1.82) is 0 Å². The summed E-state index contributed by atoms with van der Waals surface area (Å²) in [5.41, 5.74) is 3.45. The molecule has 0 saturated heterocycles. The number of rotatable bonds is 9. The summed E-state index contributed by atoms with van der Waals surface area (Å²) in [5, 5.41) is 3.14. The molecular weight excluding hydrogens is 390 g/mol. The van der Waals surface area contributed by atoms with Crippen LogP contribution in [0.15, 0.2) is 79.0 Å². The highest BCUT2D eigenvalue weighted by molar-refractivity contribution is 6.04. The van der Waals surface area contributed by atoms with Gasteiger partial charge in [-0.3, -0.25) is 4.79 Å². The molecule has 0 spiro atoms. The molecule has 31 heavy (non-hydrogen) atoms. The third-order valence-electron chi connectivity index (χ3n) is 4.58. The zero-order valence-electron chi connectivity index (χ0n) is 17.8. The standard InChI is InChI=1S/C26H25NO4/c1-29-24-17-20(18-25(30-2)26(24)31-3)13-12-19-8-7-11-22(16-19)27-15-14-23(28)21-9-5-4-6-10-21/h4-18,27H,1-3H3/b13-12-,15-14-. The van der Waals surface area contributed by atoms with E-state index in [-0.39, 0.29) is 5.78 Å². The van der Waals surface area contributed by atoms with E-state index in [1.165, 1.54) is 6.08 Å². The van der Waals surface area contributed by atoms with E-state index in [1.54, 1.807) is 39.7 Å². The number of carbonyl (C=O) groups excluding carboxylic acids is 1. The lowest BCUT2D eigenvalue weighted by Crippen LogP contribution is -1.96. The summed E-state index contributed by atoms with van der Waals surface area (Å²) in [7, 11) is 4.77. The van der Waals surface area contributed by atoms with Gasteiger partial charge in [-0.1, -0.05) is 54.6 Å². The first-order valence-electron chi connectivity index (χ1n) is 9.75. The molecule has 0 aliphatic carbocycles. The van der Waals surface area contributed by atoms with Gasteiger partial charge in [0.25, 0.3) is 0 Å². The fourth-order valence-electron chi connectivity index (χ4n) is 3.03. The molecule has 0 unspecified atom stereocenters. The van der Waals surface area contributed by atoms with E-state index in [0.717, 1.165) is 16.8 Å². The van der Waals surface area contributed by atoms with E-state index >= 15 is 0 Å². The van der Waals surface area contributed by atoms with E-state index in [9.17, 15) is 4.79 Å². The van der Waals surface area contributed by atoms with E-state index < -0.39 is 0 Å². The summed E-state index contributed by atoms with van der Waals surface area (Å²) in [5.74, 6) is 1.71. The van der Waals surface area contributed by atoms with Crippen LogP contribution in [-0.2, 0) is 0 Å². The number of carbonyl (C=O) groups is 1. The predicted octanol–water partition coefficient (Wildman–Crippen LogP) is 5.69. The predicted molar refractivity (Wildman–Crippen MR) is 125 cm³/mol. The second kappa shape index (κ2) is 10.7. The SMILES string of the molecule is COc1cc(/C=C\c2cccc(N/C=C\C(=O)c3ccccc3)c2)cc(OC)c1OC. The van der Waals surface area contributed by atoms with Crippen molar-refractivity contribution < 1.29 is 19.0 Å². The summed E-state index contributed by atoms with van der Waals surface area (Å²) >= 11 is 0. The van der Waals surface area contributed by atoms with Gasteiger partial charge < -0.3 is 19.5 Å². The first-order chi connectivity index (χ1) is 15.1. The first kappa shape index (κ1) is 21.7. The van der Waals surface area contributed by atoms with Crippen LogP contribution in [0.3, 0.4) is 0 Å². The van der Waals surface area contributed by atoms with Crippen molar-refractivity contribution in [3.63, 3.8) is 0 Å². The van der Waals surface area contributed by atoms with Crippen molar-refractivity contribution in [3.05, 3.63) is 95.7 Å². The molecule has 0 amide bonds. The Kier molecular flexibility index (Phi) is 7.49. The van der Waals surface area contributed by atoms with Crippen LogP contribution in [0.2, 0.25) is 0 Å². The molecule has 0 bridgehead atoms. The highest BCUT2D eigenvalue weighted by Gasteiger charge is 2.11. The van der Waals surface area contributed by atoms with Gasteiger partial charge in [0.15, 0.2) is 17.3 Å². The quantitative estimate of drug-likeness (QED) is 0.276. The Morgan fingerprint density at radius 1 is 0.774 bits per heavy atom. The Bertz CT molecular complexity index is 1060. The maximum absolute atomic E-state index is 12.1. The second-order valence-corrected chi connectivity index (χ2v) is 6.63. The number of benzene rings is 3. The average molecular weight is 415 g/mol. The minimum atomic E-state index is -0.0495. The molecular formula is C26H25NO4. The second-order valence-electron chi connectivity index (χ2n) is 6.63. The number of methoxy groups -OCH3 is 3. The highest BCUT2D eigenvalue weighted by atomic mass is 16.5. The van der Waals surface area contributed by atoms with Crippen molar-refractivity contribution >= 4 is 23.6 Å². The van der Waals surface area contributed by atoms with Crippen LogP contribution in [0.5, 0.6) is 17.2 Å². The number of anilines is 1. The lowest BCUT2D eigenvalue weighted by atomic mass is 10.1. The zero-order valence-corrected chi connectivity index (χ0v) is 17.8. The lowest BCUT2D eigenvalue weighted by molar-refractivity contribution is 0.104. The van der Waals surface area contributed by atoms with Crippen molar-refractivity contribution in [2.75, 3.05) is 26.6 Å². The van der Waals surface area contributed by atoms with Gasteiger partial charge in [0.2, 0.25) is 5.75 Å². The molecule has 3 rings (SSSR count). The largest absolute Gasteiger partial charge is 0.493 e. The van der Waals surface area contributed by atoms with Crippen LogP contribution in [0.25, 0.3) is 12.2 Å². The summed E-state index contributed by atoms with van der Waals surface area (Å²) < 4.78 is 16.2. The zero-order chi connectivity index (χ0) is 22.1. The van der Waals surface area contributed by atoms with Gasteiger partial charge in [0, 0.05) is 23.5 Å².